The third kappa shape index (κ3) is 2.01. The molecule has 13 heavy (non-hydrogen) atoms. The van der Waals surface area contributed by atoms with Gasteiger partial charge in [0.15, 0.2) is 0 Å². The van der Waals surface area contributed by atoms with Gasteiger partial charge in [-0.15, -0.1) is 0 Å². The molecule has 1 aromatic rings. The molecule has 1 aromatic heterocycles. The van der Waals surface area contributed by atoms with E-state index in [0.717, 1.165) is 12.8 Å². The Morgan fingerprint density at radius 1 is 1.62 bits per heavy atom. The lowest BCUT2D eigenvalue weighted by Gasteiger charge is -1.97. The predicted molar refractivity (Wildman–Crippen MR) is 46.3 cm³/mol. The highest BCUT2D eigenvalue weighted by molar-refractivity contribution is 5.24. The summed E-state index contributed by atoms with van der Waals surface area (Å²) in [6.07, 6.45) is 2.58. The first-order valence-corrected chi connectivity index (χ1v) is 4.19. The van der Waals surface area contributed by atoms with Crippen LogP contribution in [0.1, 0.15) is 25.5 Å². The van der Waals surface area contributed by atoms with Gasteiger partial charge in [-0.25, -0.2) is 4.68 Å². The second-order valence-electron chi connectivity index (χ2n) is 2.84. The van der Waals surface area contributed by atoms with Crippen molar-refractivity contribution in [2.75, 3.05) is 0 Å². The van der Waals surface area contributed by atoms with Crippen molar-refractivity contribution in [3.8, 4) is 0 Å². The van der Waals surface area contributed by atoms with Crippen LogP contribution in [0, 0.1) is 10.1 Å². The molecule has 0 aliphatic rings. The average Bonchev–Trinajstić information content (AvgIpc) is 2.43. The van der Waals surface area contributed by atoms with Gasteiger partial charge in [0.25, 0.3) is 0 Å². The minimum absolute atomic E-state index is 0.115. The van der Waals surface area contributed by atoms with Crippen LogP contribution >= 0.6 is 0 Å². The van der Waals surface area contributed by atoms with Gasteiger partial charge in [-0.3, -0.25) is 0 Å². The standard InChI is InChI=1S/C7H12N4O2/c1-3-4-5-6-7(11(12)13)8-9-10(6)2/h3-5H2,1-2H3. The molecular weight excluding hydrogens is 172 g/mol. The predicted octanol–water partition coefficient (Wildman–Crippen LogP) is 1.07. The lowest BCUT2D eigenvalue weighted by molar-refractivity contribution is -0.390. The second kappa shape index (κ2) is 3.97. The SMILES string of the molecule is CCCCc1c([N+](=O)[O-])nnn1C. The first-order chi connectivity index (χ1) is 6.16. The summed E-state index contributed by atoms with van der Waals surface area (Å²) in [6.45, 7) is 2.04. The quantitative estimate of drug-likeness (QED) is 0.518. The van der Waals surface area contributed by atoms with Gasteiger partial charge < -0.3 is 10.1 Å². The zero-order chi connectivity index (χ0) is 9.84. The molecule has 0 saturated heterocycles. The van der Waals surface area contributed by atoms with Crippen molar-refractivity contribution >= 4 is 5.82 Å². The Hall–Kier alpha value is -1.46. The van der Waals surface area contributed by atoms with Gasteiger partial charge in [0.1, 0.15) is 10.8 Å². The normalized spacial score (nSPS) is 10.3. The Bertz CT molecular complexity index is 307. The van der Waals surface area contributed by atoms with Crippen LogP contribution in [0.2, 0.25) is 0 Å². The zero-order valence-electron chi connectivity index (χ0n) is 7.73. The van der Waals surface area contributed by atoms with E-state index in [1.807, 2.05) is 6.92 Å². The molecule has 1 heterocycles. The van der Waals surface area contributed by atoms with E-state index in [1.165, 1.54) is 4.68 Å². The maximum atomic E-state index is 10.5. The number of aromatic nitrogens is 3. The molecule has 0 unspecified atom stereocenters. The highest BCUT2D eigenvalue weighted by Gasteiger charge is 2.20. The summed E-state index contributed by atoms with van der Waals surface area (Å²) in [4.78, 5) is 10.00. The Morgan fingerprint density at radius 3 is 2.85 bits per heavy atom. The number of unbranched alkanes of at least 4 members (excludes halogenated alkanes) is 1. The van der Waals surface area contributed by atoms with Gasteiger partial charge in [0, 0.05) is 7.05 Å². The lowest BCUT2D eigenvalue weighted by Crippen LogP contribution is -2.00. The molecule has 0 N–H and O–H groups in total. The number of rotatable bonds is 4. The van der Waals surface area contributed by atoms with Crippen LogP contribution in [0.15, 0.2) is 0 Å². The van der Waals surface area contributed by atoms with Crippen molar-refractivity contribution in [1.82, 2.24) is 15.0 Å². The van der Waals surface area contributed by atoms with Crippen LogP contribution in [-0.4, -0.2) is 19.9 Å². The fourth-order valence-electron chi connectivity index (χ4n) is 1.13. The monoisotopic (exact) mass is 184 g/mol. The summed E-state index contributed by atoms with van der Waals surface area (Å²) in [6, 6.07) is 0. The molecule has 0 amide bonds. The van der Waals surface area contributed by atoms with Crippen molar-refractivity contribution in [2.45, 2.75) is 26.2 Å². The number of aryl methyl sites for hydroxylation is 1. The van der Waals surface area contributed by atoms with Crippen LogP contribution in [0.5, 0.6) is 0 Å². The molecular formula is C7H12N4O2. The minimum Gasteiger partial charge on any atom is -0.358 e. The lowest BCUT2D eigenvalue weighted by atomic mass is 10.2. The van der Waals surface area contributed by atoms with Gasteiger partial charge in [-0.2, -0.15) is 0 Å². The van der Waals surface area contributed by atoms with Gasteiger partial charge in [0.05, 0.1) is 5.21 Å². The van der Waals surface area contributed by atoms with E-state index in [1.54, 1.807) is 7.05 Å². The molecule has 0 aliphatic carbocycles. The summed E-state index contributed by atoms with van der Waals surface area (Å²) in [5, 5.41) is 17.6. The fraction of sp³-hybridized carbons (Fsp3) is 0.714. The Morgan fingerprint density at radius 2 is 2.31 bits per heavy atom. The van der Waals surface area contributed by atoms with Gasteiger partial charge in [-0.1, -0.05) is 13.3 Å². The average molecular weight is 184 g/mol. The third-order valence-corrected chi connectivity index (χ3v) is 1.86. The second-order valence-corrected chi connectivity index (χ2v) is 2.84. The molecule has 6 heteroatoms. The van der Waals surface area contributed by atoms with E-state index >= 15 is 0 Å². The molecule has 0 bridgehead atoms. The van der Waals surface area contributed by atoms with E-state index in [-0.39, 0.29) is 5.82 Å². The fourth-order valence-corrected chi connectivity index (χ4v) is 1.13. The number of nitro groups is 1. The number of nitrogens with zero attached hydrogens (tertiary/aromatic N) is 4. The molecule has 6 nitrogen and oxygen atoms in total. The van der Waals surface area contributed by atoms with Crippen molar-refractivity contribution < 1.29 is 4.92 Å². The van der Waals surface area contributed by atoms with Gasteiger partial charge >= 0.3 is 5.82 Å². The Kier molecular flexibility index (Phi) is 2.94. The van der Waals surface area contributed by atoms with Crippen molar-refractivity contribution in [3.63, 3.8) is 0 Å². The Labute approximate surface area is 75.7 Å². The molecule has 0 saturated carbocycles. The van der Waals surface area contributed by atoms with Crippen molar-refractivity contribution in [3.05, 3.63) is 15.8 Å². The zero-order valence-corrected chi connectivity index (χ0v) is 7.73. The van der Waals surface area contributed by atoms with E-state index in [4.69, 9.17) is 0 Å². The van der Waals surface area contributed by atoms with Gasteiger partial charge in [0.2, 0.25) is 0 Å². The van der Waals surface area contributed by atoms with E-state index in [2.05, 4.69) is 10.3 Å². The van der Waals surface area contributed by atoms with Crippen LogP contribution in [0.25, 0.3) is 0 Å². The van der Waals surface area contributed by atoms with Crippen LogP contribution in [0.4, 0.5) is 5.82 Å². The van der Waals surface area contributed by atoms with Crippen LogP contribution in [0.3, 0.4) is 0 Å². The molecule has 0 aliphatic heterocycles. The smallest absolute Gasteiger partial charge is 0.358 e. The molecule has 0 radical (unpaired) electrons. The van der Waals surface area contributed by atoms with E-state index in [0.29, 0.717) is 12.1 Å². The third-order valence-electron chi connectivity index (χ3n) is 1.86. The van der Waals surface area contributed by atoms with Crippen LogP contribution < -0.4 is 0 Å². The van der Waals surface area contributed by atoms with Crippen LogP contribution in [-0.2, 0) is 13.5 Å². The van der Waals surface area contributed by atoms with Crippen molar-refractivity contribution in [2.24, 2.45) is 7.05 Å². The largest absolute Gasteiger partial charge is 0.413 e. The maximum absolute atomic E-state index is 10.5. The number of hydrogen-bond donors (Lipinski definition) is 0. The summed E-state index contributed by atoms with van der Waals surface area (Å²) >= 11 is 0. The number of hydrogen-bond acceptors (Lipinski definition) is 4. The maximum Gasteiger partial charge on any atom is 0.413 e. The molecule has 0 fully saturated rings. The minimum atomic E-state index is -0.488. The summed E-state index contributed by atoms with van der Waals surface area (Å²) in [5.74, 6) is -0.115. The molecule has 0 atom stereocenters. The molecule has 72 valence electrons. The van der Waals surface area contributed by atoms with E-state index < -0.39 is 4.92 Å². The first kappa shape index (κ1) is 9.63. The summed E-state index contributed by atoms with van der Waals surface area (Å²) < 4.78 is 1.47. The highest BCUT2D eigenvalue weighted by Crippen LogP contribution is 2.15. The topological polar surface area (TPSA) is 73.8 Å². The molecule has 1 rings (SSSR count). The molecule has 0 spiro atoms. The van der Waals surface area contributed by atoms with E-state index in [9.17, 15) is 10.1 Å². The summed E-state index contributed by atoms with van der Waals surface area (Å²) in [7, 11) is 1.67. The molecule has 0 aromatic carbocycles. The summed E-state index contributed by atoms with van der Waals surface area (Å²) in [5.41, 5.74) is 0.604. The van der Waals surface area contributed by atoms with Crippen molar-refractivity contribution in [1.29, 1.82) is 0 Å². The Balaban J connectivity index is 2.88. The first-order valence-electron chi connectivity index (χ1n) is 4.19. The highest BCUT2D eigenvalue weighted by atomic mass is 16.6. The van der Waals surface area contributed by atoms with Gasteiger partial charge in [-0.05, 0) is 17.8 Å².